The van der Waals surface area contributed by atoms with Crippen LogP contribution in [0.5, 0.6) is 5.88 Å². The first-order valence-electron chi connectivity index (χ1n) is 11.9. The van der Waals surface area contributed by atoms with E-state index in [1.54, 1.807) is 12.4 Å². The molecule has 2 unspecified atom stereocenters. The number of hydrogen-bond donors (Lipinski definition) is 1. The van der Waals surface area contributed by atoms with Gasteiger partial charge in [-0.15, -0.1) is 0 Å². The predicted molar refractivity (Wildman–Crippen MR) is 136 cm³/mol. The van der Waals surface area contributed by atoms with Crippen LogP contribution in [0.25, 0.3) is 16.6 Å². The molecule has 7 rings (SSSR count). The van der Waals surface area contributed by atoms with Crippen LogP contribution in [0, 0.1) is 5.82 Å². The molecule has 4 aromatic rings. The molecule has 0 saturated carbocycles. The van der Waals surface area contributed by atoms with E-state index in [9.17, 15) is 4.39 Å². The summed E-state index contributed by atoms with van der Waals surface area (Å²) in [5.41, 5.74) is 11.9. The molecule has 0 spiro atoms. The number of pyridine rings is 3. The Morgan fingerprint density at radius 1 is 1.14 bits per heavy atom. The molecule has 2 N–H and O–H groups in total. The number of rotatable bonds is 6. The predicted octanol–water partition coefficient (Wildman–Crippen LogP) is 2.09. The van der Waals surface area contributed by atoms with Gasteiger partial charge >= 0.3 is 0 Å². The van der Waals surface area contributed by atoms with Gasteiger partial charge in [0.1, 0.15) is 5.82 Å². The Morgan fingerprint density at radius 3 is 2.66 bits per heavy atom. The number of halogens is 1. The fourth-order valence-corrected chi connectivity index (χ4v) is 5.39. The highest BCUT2D eigenvalue weighted by Gasteiger charge is 2.44. The number of nitrogens with zero attached hydrogens (tertiary/aromatic N) is 6. The SMILES string of the molecule is CBc1cc(-c2ccc(N3CC4CC(C3)N4Cc3cnc(OC)c(F)c3)nc2)c2c(N)cnn2c1. The Morgan fingerprint density at radius 2 is 1.97 bits per heavy atom. The van der Waals surface area contributed by atoms with Crippen molar-refractivity contribution in [1.29, 1.82) is 0 Å². The highest BCUT2D eigenvalue weighted by atomic mass is 19.1. The van der Waals surface area contributed by atoms with E-state index in [1.165, 1.54) is 18.6 Å². The van der Waals surface area contributed by atoms with Gasteiger partial charge in [0.05, 0.1) is 24.5 Å². The van der Waals surface area contributed by atoms with Crippen molar-refractivity contribution in [2.45, 2.75) is 31.9 Å². The molecular formula is C25H27BFN7O. The summed E-state index contributed by atoms with van der Waals surface area (Å²) in [6, 6.07) is 8.76. The van der Waals surface area contributed by atoms with Gasteiger partial charge in [-0.2, -0.15) is 5.10 Å². The van der Waals surface area contributed by atoms with Crippen molar-refractivity contribution in [3.05, 3.63) is 60.4 Å². The van der Waals surface area contributed by atoms with E-state index < -0.39 is 5.82 Å². The molecule has 0 aromatic carbocycles. The summed E-state index contributed by atoms with van der Waals surface area (Å²) in [7, 11) is 2.34. The first-order valence-corrected chi connectivity index (χ1v) is 11.9. The zero-order valence-electron chi connectivity index (χ0n) is 19.9. The van der Waals surface area contributed by atoms with Crippen LogP contribution in [0.15, 0.2) is 49.1 Å². The number of piperidine rings is 1. The number of nitrogen functional groups attached to an aromatic ring is 1. The van der Waals surface area contributed by atoms with E-state index in [1.807, 2.05) is 16.9 Å². The van der Waals surface area contributed by atoms with Crippen LogP contribution in [0.1, 0.15) is 12.0 Å². The first-order chi connectivity index (χ1) is 17.0. The standard InChI is InChI=1S/C25H27BFN7O/c1-26-17-6-20(24-22(28)10-31-34(24)12-17)16-3-4-23(29-9-16)32-13-18-7-19(14-32)33(18)11-15-5-21(27)25(35-2)30-8-15/h3-6,8-10,12,18-19,26H,7,11,13-14,28H2,1-2H3. The molecule has 3 saturated heterocycles. The van der Waals surface area contributed by atoms with E-state index in [-0.39, 0.29) is 5.88 Å². The largest absolute Gasteiger partial charge is 0.479 e. The van der Waals surface area contributed by atoms with E-state index in [4.69, 9.17) is 15.5 Å². The fourth-order valence-electron chi connectivity index (χ4n) is 5.39. The lowest BCUT2D eigenvalue weighted by atomic mass is 9.73. The minimum atomic E-state index is -0.416. The van der Waals surface area contributed by atoms with Crippen molar-refractivity contribution in [1.82, 2.24) is 24.5 Å². The van der Waals surface area contributed by atoms with Crippen LogP contribution in [0.3, 0.4) is 0 Å². The molecule has 7 heterocycles. The maximum absolute atomic E-state index is 14.0. The summed E-state index contributed by atoms with van der Waals surface area (Å²) in [5, 5.41) is 4.40. The van der Waals surface area contributed by atoms with Crippen molar-refractivity contribution in [2.75, 3.05) is 30.8 Å². The van der Waals surface area contributed by atoms with Crippen LogP contribution in [0.2, 0.25) is 6.82 Å². The zero-order chi connectivity index (χ0) is 24.1. The van der Waals surface area contributed by atoms with Gasteiger partial charge in [0.2, 0.25) is 5.88 Å². The Kier molecular flexibility index (Phi) is 5.33. The van der Waals surface area contributed by atoms with Crippen molar-refractivity contribution in [3.63, 3.8) is 0 Å². The smallest absolute Gasteiger partial charge is 0.250 e. The lowest BCUT2D eigenvalue weighted by Crippen LogP contribution is -2.68. The topological polar surface area (TPSA) is 84.8 Å². The molecule has 2 bridgehead atoms. The number of fused-ring (bicyclic) bond motifs is 3. The summed E-state index contributed by atoms with van der Waals surface area (Å²) in [6.07, 6.45) is 8.51. The monoisotopic (exact) mass is 471 g/mol. The van der Waals surface area contributed by atoms with Gasteiger partial charge in [0, 0.05) is 61.4 Å². The molecular weight excluding hydrogens is 444 g/mol. The van der Waals surface area contributed by atoms with Crippen molar-refractivity contribution >= 4 is 29.8 Å². The highest BCUT2D eigenvalue weighted by Crippen LogP contribution is 2.36. The lowest BCUT2D eigenvalue weighted by Gasteiger charge is -2.56. The molecule has 0 aliphatic carbocycles. The third kappa shape index (κ3) is 3.78. The van der Waals surface area contributed by atoms with Gasteiger partial charge in [-0.25, -0.2) is 18.9 Å². The first kappa shape index (κ1) is 21.9. The van der Waals surface area contributed by atoms with E-state index in [0.717, 1.165) is 54.8 Å². The Balaban J connectivity index is 1.18. The van der Waals surface area contributed by atoms with Crippen molar-refractivity contribution < 1.29 is 9.13 Å². The van der Waals surface area contributed by atoms with Crippen LogP contribution < -0.4 is 20.8 Å². The number of methoxy groups -OCH3 is 1. The third-order valence-corrected chi connectivity index (χ3v) is 7.25. The molecule has 3 fully saturated rings. The second-order valence-electron chi connectivity index (χ2n) is 9.37. The summed E-state index contributed by atoms with van der Waals surface area (Å²) < 4.78 is 20.8. The molecule has 4 aromatic heterocycles. The number of anilines is 2. The average Bonchev–Trinajstić information content (AvgIpc) is 3.27. The van der Waals surface area contributed by atoms with Gasteiger partial charge < -0.3 is 15.4 Å². The van der Waals surface area contributed by atoms with Gasteiger partial charge in [-0.05, 0) is 30.2 Å². The molecule has 10 heteroatoms. The van der Waals surface area contributed by atoms with Crippen LogP contribution in [-0.2, 0) is 6.54 Å². The van der Waals surface area contributed by atoms with E-state index in [2.05, 4.69) is 44.9 Å². The number of hydrogen-bond acceptors (Lipinski definition) is 7. The molecule has 8 nitrogen and oxygen atoms in total. The number of piperazine rings is 1. The van der Waals surface area contributed by atoms with E-state index in [0.29, 0.717) is 24.3 Å². The molecule has 2 atom stereocenters. The second-order valence-corrected chi connectivity index (χ2v) is 9.37. The van der Waals surface area contributed by atoms with Gasteiger partial charge in [-0.3, -0.25) is 4.90 Å². The lowest BCUT2D eigenvalue weighted by molar-refractivity contribution is -0.00884. The van der Waals surface area contributed by atoms with E-state index >= 15 is 0 Å². The highest BCUT2D eigenvalue weighted by molar-refractivity contribution is 6.52. The third-order valence-electron chi connectivity index (χ3n) is 7.25. The molecule has 35 heavy (non-hydrogen) atoms. The molecule has 178 valence electrons. The summed E-state index contributed by atoms with van der Waals surface area (Å²) in [4.78, 5) is 13.7. The van der Waals surface area contributed by atoms with Crippen LogP contribution in [-0.4, -0.2) is 64.0 Å². The maximum Gasteiger partial charge on any atom is 0.250 e. The molecule has 3 aliphatic heterocycles. The van der Waals surface area contributed by atoms with Gasteiger partial charge in [0.15, 0.2) is 13.1 Å². The van der Waals surface area contributed by atoms with Crippen molar-refractivity contribution in [3.8, 4) is 17.0 Å². The Hall–Kier alpha value is -3.66. The minimum Gasteiger partial charge on any atom is -0.479 e. The average molecular weight is 471 g/mol. The minimum absolute atomic E-state index is 0.0383. The normalized spacial score (nSPS) is 19.6. The molecule has 3 aliphatic rings. The Labute approximate surface area is 203 Å². The van der Waals surface area contributed by atoms with Gasteiger partial charge in [0.25, 0.3) is 0 Å². The summed E-state index contributed by atoms with van der Waals surface area (Å²) >= 11 is 0. The quantitative estimate of drug-likeness (QED) is 0.431. The molecule has 0 radical (unpaired) electrons. The fraction of sp³-hybridized carbons (Fsp3) is 0.320. The number of nitrogens with two attached hydrogens (primary N) is 1. The molecule has 0 amide bonds. The maximum atomic E-state index is 14.0. The van der Waals surface area contributed by atoms with Crippen LogP contribution in [0.4, 0.5) is 15.9 Å². The summed E-state index contributed by atoms with van der Waals surface area (Å²) in [6.45, 7) is 4.63. The van der Waals surface area contributed by atoms with Gasteiger partial charge in [-0.1, -0.05) is 18.4 Å². The second kappa shape index (κ2) is 8.53. The van der Waals surface area contributed by atoms with Crippen LogP contribution >= 0.6 is 0 Å². The zero-order valence-corrected chi connectivity index (χ0v) is 19.9. The Bertz CT molecular complexity index is 1380. The summed E-state index contributed by atoms with van der Waals surface area (Å²) in [5.74, 6) is 0.599. The number of aromatic nitrogens is 4. The number of ether oxygens (including phenoxy) is 1. The van der Waals surface area contributed by atoms with Crippen molar-refractivity contribution in [2.24, 2.45) is 0 Å².